The molecule has 0 amide bonds. The third-order valence-corrected chi connectivity index (χ3v) is 3.30. The Hall–Kier alpha value is -1.23. The van der Waals surface area contributed by atoms with Crippen LogP contribution in [0.4, 0.5) is 0 Å². The van der Waals surface area contributed by atoms with Gasteiger partial charge in [-0.3, -0.25) is 0 Å². The molecule has 0 aliphatic heterocycles. The molecule has 0 heterocycles. The van der Waals surface area contributed by atoms with Crippen molar-refractivity contribution in [2.75, 3.05) is 0 Å². The van der Waals surface area contributed by atoms with E-state index in [1.165, 1.54) is 10.8 Å². The lowest BCUT2D eigenvalue weighted by Gasteiger charge is -2.10. The number of carbonyl (C=O) groups excluding carboxylic acids is 1. The van der Waals surface area contributed by atoms with Gasteiger partial charge in [0.05, 0.1) is 0 Å². The van der Waals surface area contributed by atoms with Crippen molar-refractivity contribution in [1.29, 1.82) is 10.5 Å². The Kier molecular flexibility index (Phi) is 6.56. The summed E-state index contributed by atoms with van der Waals surface area (Å²) in [6, 6.07) is 0. The van der Waals surface area contributed by atoms with E-state index in [1.54, 1.807) is 0 Å². The van der Waals surface area contributed by atoms with E-state index in [0.717, 1.165) is 0 Å². The first-order valence-corrected chi connectivity index (χ1v) is 5.95. The van der Waals surface area contributed by atoms with Crippen LogP contribution in [0.5, 0.6) is 0 Å². The molecule has 0 saturated heterocycles. The fourth-order valence-corrected chi connectivity index (χ4v) is 2.15. The molecule has 0 spiro atoms. The second kappa shape index (κ2) is 7.11. The summed E-state index contributed by atoms with van der Waals surface area (Å²) in [7, 11) is -4.61. The number of hydrogen-bond acceptors (Lipinski definition) is 10. The van der Waals surface area contributed by atoms with Crippen molar-refractivity contribution < 1.29 is 31.7 Å². The normalized spacial score (nSPS) is 9.88. The van der Waals surface area contributed by atoms with Crippen molar-refractivity contribution in [3.63, 3.8) is 0 Å². The molecule has 0 aliphatic carbocycles. The summed E-state index contributed by atoms with van der Waals surface area (Å²) >= 11 is -0.113. The molecular weight excluding hydrogens is 283 g/mol. The number of carboxylic acid groups (broad SMARTS) is 1. The number of phosphoric acid groups is 1. The van der Waals surface area contributed by atoms with E-state index in [4.69, 9.17) is 15.6 Å². The summed E-state index contributed by atoms with van der Waals surface area (Å²) in [6.07, 6.45) is 0. The number of thiocyanates is 2. The Bertz CT molecular complexity index is 390. The Morgan fingerprint density at radius 1 is 1.19 bits per heavy atom. The van der Waals surface area contributed by atoms with E-state index < -0.39 is 19.8 Å². The Morgan fingerprint density at radius 2 is 1.62 bits per heavy atom. The number of hydrogen-bond donors (Lipinski definition) is 1. The zero-order valence-electron chi connectivity index (χ0n) is 7.05. The second-order valence-corrected chi connectivity index (χ2v) is 4.60. The summed E-state index contributed by atoms with van der Waals surface area (Å²) in [5, 5.41) is 26.9. The molecule has 86 valence electrons. The molecule has 0 aromatic rings. The van der Waals surface area contributed by atoms with Gasteiger partial charge in [0.15, 0.2) is 10.8 Å². The molecular formula is C4HN2O7PS2. The predicted octanol–water partition coefficient (Wildman–Crippen LogP) is 1.01. The van der Waals surface area contributed by atoms with Gasteiger partial charge in [0.25, 0.3) is 0 Å². The van der Waals surface area contributed by atoms with E-state index >= 15 is 0 Å². The van der Waals surface area contributed by atoms with Gasteiger partial charge in [0, 0.05) is 0 Å². The number of aliphatic carboxylic acids is 1. The van der Waals surface area contributed by atoms with Gasteiger partial charge >= 0.3 is 19.8 Å². The minimum absolute atomic E-state index is 0.0563. The lowest BCUT2D eigenvalue weighted by atomic mass is 10.7. The largest absolute Gasteiger partial charge is 0.557 e. The first-order valence-electron chi connectivity index (χ1n) is 3.01. The lowest BCUT2D eigenvalue weighted by molar-refractivity contribution is -0.158. The SMILES string of the molecule is N#CSOP(=O)(OSC#N)OC(=O)C(=O)O. The van der Waals surface area contributed by atoms with E-state index in [0.29, 0.717) is 0 Å². The topological polar surface area (TPSA) is 147 Å². The van der Waals surface area contributed by atoms with Crippen LogP contribution in [-0.2, 0) is 26.6 Å². The molecule has 1 N–H and O–H groups in total. The van der Waals surface area contributed by atoms with Crippen LogP contribution in [0.25, 0.3) is 0 Å². The molecule has 0 unspecified atom stereocenters. The van der Waals surface area contributed by atoms with E-state index in [9.17, 15) is 14.2 Å². The van der Waals surface area contributed by atoms with Crippen LogP contribution < -0.4 is 0 Å². The fourth-order valence-electron chi connectivity index (χ4n) is 0.308. The number of carboxylic acids is 1. The van der Waals surface area contributed by atoms with Crippen molar-refractivity contribution in [1.82, 2.24) is 0 Å². The number of rotatable bonds is 5. The molecule has 0 aromatic heterocycles. The Labute approximate surface area is 97.3 Å². The van der Waals surface area contributed by atoms with Crippen LogP contribution in [-0.4, -0.2) is 17.0 Å². The van der Waals surface area contributed by atoms with Gasteiger partial charge in [0.2, 0.25) is 0 Å². The van der Waals surface area contributed by atoms with E-state index in [2.05, 4.69) is 12.5 Å². The minimum Gasteiger partial charge on any atom is -0.473 e. The molecule has 0 saturated carbocycles. The highest BCUT2D eigenvalue weighted by atomic mass is 32.2. The number of nitriles is 2. The molecule has 0 atom stereocenters. The smallest absolute Gasteiger partial charge is 0.473 e. The standard InChI is InChI=1S/C4HN2O7PS2/c5-1-15-12-14(10,13-16-2-6)11-4(9)3(7)8/h(H,7,8). The van der Waals surface area contributed by atoms with Crippen LogP contribution in [0.3, 0.4) is 0 Å². The van der Waals surface area contributed by atoms with Crippen molar-refractivity contribution in [3.05, 3.63) is 0 Å². The molecule has 12 heteroatoms. The van der Waals surface area contributed by atoms with Crippen LogP contribution in [0.2, 0.25) is 0 Å². The lowest BCUT2D eigenvalue weighted by Crippen LogP contribution is -2.15. The van der Waals surface area contributed by atoms with Crippen LogP contribution in [0.1, 0.15) is 0 Å². The predicted molar refractivity (Wildman–Crippen MR) is 49.9 cm³/mol. The average molecular weight is 284 g/mol. The minimum atomic E-state index is -4.61. The van der Waals surface area contributed by atoms with Crippen molar-refractivity contribution in [2.45, 2.75) is 0 Å². The van der Waals surface area contributed by atoms with Crippen molar-refractivity contribution in [2.24, 2.45) is 0 Å². The van der Waals surface area contributed by atoms with Gasteiger partial charge in [-0.2, -0.15) is 18.5 Å². The maximum atomic E-state index is 11.4. The highest BCUT2D eigenvalue weighted by molar-refractivity contribution is 8.05. The zero-order valence-corrected chi connectivity index (χ0v) is 9.58. The zero-order chi connectivity index (χ0) is 12.6. The molecule has 0 bridgehead atoms. The summed E-state index contributed by atoms with van der Waals surface area (Å²) in [5.74, 6) is -3.93. The van der Waals surface area contributed by atoms with Gasteiger partial charge < -0.3 is 9.63 Å². The van der Waals surface area contributed by atoms with Crippen molar-refractivity contribution >= 4 is 43.8 Å². The molecule has 0 rings (SSSR count). The summed E-state index contributed by atoms with van der Waals surface area (Å²) in [5.41, 5.74) is 0. The van der Waals surface area contributed by atoms with Gasteiger partial charge in [-0.05, 0) is 0 Å². The van der Waals surface area contributed by atoms with E-state index in [1.807, 2.05) is 0 Å². The third-order valence-electron chi connectivity index (χ3n) is 0.701. The quantitative estimate of drug-likeness (QED) is 0.333. The first kappa shape index (κ1) is 14.8. The highest BCUT2D eigenvalue weighted by Crippen LogP contribution is 2.55. The molecule has 16 heavy (non-hydrogen) atoms. The first-order chi connectivity index (χ1) is 7.45. The maximum absolute atomic E-state index is 11.4. The molecule has 9 nitrogen and oxygen atoms in total. The third kappa shape index (κ3) is 5.60. The summed E-state index contributed by atoms with van der Waals surface area (Å²) in [4.78, 5) is 20.6. The van der Waals surface area contributed by atoms with Crippen LogP contribution >= 0.6 is 31.9 Å². The van der Waals surface area contributed by atoms with Crippen molar-refractivity contribution in [3.8, 4) is 10.8 Å². The Morgan fingerprint density at radius 3 is 1.94 bits per heavy atom. The van der Waals surface area contributed by atoms with Crippen LogP contribution in [0.15, 0.2) is 0 Å². The molecule has 0 aromatic carbocycles. The van der Waals surface area contributed by atoms with Gasteiger partial charge in [0.1, 0.15) is 24.1 Å². The summed E-state index contributed by atoms with van der Waals surface area (Å²) < 4.78 is 23.4. The molecule has 0 aliphatic rings. The van der Waals surface area contributed by atoms with Gasteiger partial charge in [-0.1, -0.05) is 0 Å². The van der Waals surface area contributed by atoms with Gasteiger partial charge in [-0.15, -0.1) is 0 Å². The Balaban J connectivity index is 4.61. The monoisotopic (exact) mass is 284 g/mol. The fraction of sp³-hybridized carbons (Fsp3) is 0. The van der Waals surface area contributed by atoms with E-state index in [-0.39, 0.29) is 24.1 Å². The maximum Gasteiger partial charge on any atom is 0.557 e. The second-order valence-electron chi connectivity index (χ2n) is 1.63. The average Bonchev–Trinajstić information content (AvgIpc) is 2.23. The highest BCUT2D eigenvalue weighted by Gasteiger charge is 2.36. The molecule has 0 fully saturated rings. The number of nitrogens with zero attached hydrogens (tertiary/aromatic N) is 2. The number of carbonyl (C=O) groups is 2. The van der Waals surface area contributed by atoms with Crippen LogP contribution in [0, 0.1) is 21.3 Å². The van der Waals surface area contributed by atoms with Gasteiger partial charge in [-0.25, -0.2) is 14.2 Å². The molecule has 0 radical (unpaired) electrons. The summed E-state index contributed by atoms with van der Waals surface area (Å²) in [6.45, 7) is 0.